The predicted molar refractivity (Wildman–Crippen MR) is 78.7 cm³/mol. The molecular weight excluding hydrogens is 274 g/mol. The van der Waals surface area contributed by atoms with Crippen molar-refractivity contribution in [3.05, 3.63) is 27.8 Å². The molecule has 1 fully saturated rings. The number of phenolic OH excluding ortho intramolecular Hbond substituents is 1. The van der Waals surface area contributed by atoms with Gasteiger partial charge in [0.05, 0.1) is 12.0 Å². The molecule has 1 aliphatic heterocycles. The standard InChI is InChI=1S/C14H21N3O4/c1-3-15-4-6-16(7-5-15)10-11-8-12(17(19)20)14(18)13(9-11)21-2/h8-9,18H,3-7,10H2,1-2H3. The monoisotopic (exact) mass is 295 g/mol. The molecule has 1 aromatic carbocycles. The number of hydrogen-bond donors (Lipinski definition) is 1. The lowest BCUT2D eigenvalue weighted by molar-refractivity contribution is -0.386. The SMILES string of the molecule is CCN1CCN(Cc2cc(OC)c(O)c([N+](=O)[O-])c2)CC1. The van der Waals surface area contributed by atoms with E-state index < -0.39 is 10.7 Å². The Kier molecular flexibility index (Phi) is 4.98. The average molecular weight is 295 g/mol. The minimum absolute atomic E-state index is 0.145. The minimum Gasteiger partial charge on any atom is -0.500 e. The molecule has 1 N–H and O–H groups in total. The summed E-state index contributed by atoms with van der Waals surface area (Å²) in [5.41, 5.74) is 0.470. The van der Waals surface area contributed by atoms with Crippen molar-refractivity contribution >= 4 is 5.69 Å². The molecule has 0 unspecified atom stereocenters. The highest BCUT2D eigenvalue weighted by Gasteiger charge is 2.22. The minimum atomic E-state index is -0.587. The fourth-order valence-corrected chi connectivity index (χ4v) is 2.56. The van der Waals surface area contributed by atoms with Crippen LogP contribution in [0, 0.1) is 10.1 Å². The van der Waals surface area contributed by atoms with Crippen molar-refractivity contribution in [2.75, 3.05) is 39.8 Å². The Balaban J connectivity index is 2.13. The van der Waals surface area contributed by atoms with Crippen LogP contribution >= 0.6 is 0 Å². The fraction of sp³-hybridized carbons (Fsp3) is 0.571. The van der Waals surface area contributed by atoms with E-state index >= 15 is 0 Å². The molecular formula is C14H21N3O4. The average Bonchev–Trinajstić information content (AvgIpc) is 2.49. The first-order valence-electron chi connectivity index (χ1n) is 7.04. The summed E-state index contributed by atoms with van der Waals surface area (Å²) in [5.74, 6) is -0.270. The van der Waals surface area contributed by atoms with Gasteiger partial charge >= 0.3 is 5.69 Å². The largest absolute Gasteiger partial charge is 0.500 e. The molecule has 0 spiro atoms. The molecule has 21 heavy (non-hydrogen) atoms. The molecule has 2 rings (SSSR count). The quantitative estimate of drug-likeness (QED) is 0.654. The molecule has 7 heteroatoms. The van der Waals surface area contributed by atoms with Gasteiger partial charge in [0, 0.05) is 38.8 Å². The zero-order valence-corrected chi connectivity index (χ0v) is 12.4. The number of nitro benzene ring substituents is 1. The lowest BCUT2D eigenvalue weighted by Gasteiger charge is -2.34. The Bertz CT molecular complexity index is 513. The molecule has 1 aliphatic rings. The number of likely N-dealkylation sites (N-methyl/N-ethyl adjacent to an activating group) is 1. The van der Waals surface area contributed by atoms with Crippen molar-refractivity contribution in [3.8, 4) is 11.5 Å². The molecule has 1 aromatic rings. The first kappa shape index (κ1) is 15.5. The van der Waals surface area contributed by atoms with Crippen LogP contribution in [-0.2, 0) is 6.54 Å². The number of phenols is 1. The zero-order chi connectivity index (χ0) is 15.4. The number of rotatable bonds is 5. The second-order valence-corrected chi connectivity index (χ2v) is 5.13. The van der Waals surface area contributed by atoms with Crippen molar-refractivity contribution in [2.24, 2.45) is 0 Å². The van der Waals surface area contributed by atoms with Gasteiger partial charge in [0.15, 0.2) is 5.75 Å². The third-order valence-electron chi connectivity index (χ3n) is 3.85. The normalized spacial score (nSPS) is 16.9. The number of methoxy groups -OCH3 is 1. The first-order chi connectivity index (χ1) is 10.0. The van der Waals surface area contributed by atoms with E-state index in [4.69, 9.17) is 4.74 Å². The Morgan fingerprint density at radius 3 is 2.43 bits per heavy atom. The predicted octanol–water partition coefficient (Wildman–Crippen LogP) is 1.45. The van der Waals surface area contributed by atoms with Gasteiger partial charge in [-0.1, -0.05) is 6.92 Å². The van der Waals surface area contributed by atoms with Crippen LogP contribution in [0.2, 0.25) is 0 Å². The summed E-state index contributed by atoms with van der Waals surface area (Å²) < 4.78 is 5.02. The topological polar surface area (TPSA) is 79.1 Å². The molecule has 0 saturated carbocycles. The van der Waals surface area contributed by atoms with Gasteiger partial charge in [-0.05, 0) is 18.2 Å². The van der Waals surface area contributed by atoms with Crippen LogP contribution in [-0.4, -0.2) is 59.7 Å². The molecule has 1 saturated heterocycles. The zero-order valence-electron chi connectivity index (χ0n) is 12.4. The Labute approximate surface area is 123 Å². The summed E-state index contributed by atoms with van der Waals surface area (Å²) in [6, 6.07) is 3.08. The molecule has 1 heterocycles. The number of nitrogens with zero attached hydrogens (tertiary/aromatic N) is 3. The van der Waals surface area contributed by atoms with E-state index in [1.165, 1.54) is 13.2 Å². The molecule has 116 valence electrons. The van der Waals surface area contributed by atoms with Crippen LogP contribution in [0.25, 0.3) is 0 Å². The number of aromatic hydroxyl groups is 1. The third kappa shape index (κ3) is 3.62. The Morgan fingerprint density at radius 1 is 1.29 bits per heavy atom. The highest BCUT2D eigenvalue weighted by Crippen LogP contribution is 2.37. The van der Waals surface area contributed by atoms with Gasteiger partial charge in [-0.2, -0.15) is 0 Å². The lowest BCUT2D eigenvalue weighted by atomic mass is 10.1. The van der Waals surface area contributed by atoms with E-state index in [1.54, 1.807) is 6.07 Å². The summed E-state index contributed by atoms with van der Waals surface area (Å²) in [6.45, 7) is 7.70. The molecule has 0 atom stereocenters. The summed E-state index contributed by atoms with van der Waals surface area (Å²) in [5, 5.41) is 20.8. The number of piperazine rings is 1. The second kappa shape index (κ2) is 6.73. The number of hydrogen-bond acceptors (Lipinski definition) is 6. The summed E-state index contributed by atoms with van der Waals surface area (Å²) >= 11 is 0. The van der Waals surface area contributed by atoms with Gasteiger partial charge in [0.25, 0.3) is 0 Å². The smallest absolute Gasteiger partial charge is 0.314 e. The summed E-state index contributed by atoms with van der Waals surface area (Å²) in [7, 11) is 1.39. The van der Waals surface area contributed by atoms with Crippen LogP contribution in [0.1, 0.15) is 12.5 Å². The van der Waals surface area contributed by atoms with Crippen LogP contribution in [0.4, 0.5) is 5.69 Å². The van der Waals surface area contributed by atoms with Gasteiger partial charge in [0.1, 0.15) is 0 Å². The first-order valence-corrected chi connectivity index (χ1v) is 7.04. The number of benzene rings is 1. The van der Waals surface area contributed by atoms with Crippen LogP contribution in [0.3, 0.4) is 0 Å². The van der Waals surface area contributed by atoms with E-state index in [-0.39, 0.29) is 11.4 Å². The lowest BCUT2D eigenvalue weighted by Crippen LogP contribution is -2.45. The van der Waals surface area contributed by atoms with E-state index in [1.807, 2.05) is 0 Å². The number of nitro groups is 1. The van der Waals surface area contributed by atoms with E-state index in [0.29, 0.717) is 6.54 Å². The van der Waals surface area contributed by atoms with E-state index in [9.17, 15) is 15.2 Å². The van der Waals surface area contributed by atoms with Crippen molar-refractivity contribution in [2.45, 2.75) is 13.5 Å². The van der Waals surface area contributed by atoms with E-state index in [2.05, 4.69) is 16.7 Å². The van der Waals surface area contributed by atoms with Gasteiger partial charge < -0.3 is 14.7 Å². The fourth-order valence-electron chi connectivity index (χ4n) is 2.56. The van der Waals surface area contributed by atoms with Crippen LogP contribution in [0.15, 0.2) is 12.1 Å². The Morgan fingerprint density at radius 2 is 1.90 bits per heavy atom. The highest BCUT2D eigenvalue weighted by molar-refractivity contribution is 5.57. The molecule has 0 amide bonds. The van der Waals surface area contributed by atoms with Crippen molar-refractivity contribution < 1.29 is 14.8 Å². The van der Waals surface area contributed by atoms with Crippen LogP contribution in [0.5, 0.6) is 11.5 Å². The van der Waals surface area contributed by atoms with Crippen molar-refractivity contribution in [1.29, 1.82) is 0 Å². The van der Waals surface area contributed by atoms with E-state index in [0.717, 1.165) is 38.3 Å². The third-order valence-corrected chi connectivity index (χ3v) is 3.85. The van der Waals surface area contributed by atoms with Crippen molar-refractivity contribution in [1.82, 2.24) is 9.80 Å². The molecule has 0 radical (unpaired) electrons. The second-order valence-electron chi connectivity index (χ2n) is 5.13. The summed E-state index contributed by atoms with van der Waals surface area (Å²) in [4.78, 5) is 15.0. The van der Waals surface area contributed by atoms with Crippen LogP contribution < -0.4 is 4.74 Å². The maximum Gasteiger partial charge on any atom is 0.314 e. The van der Waals surface area contributed by atoms with Gasteiger partial charge in [-0.3, -0.25) is 15.0 Å². The molecule has 0 aromatic heterocycles. The summed E-state index contributed by atoms with van der Waals surface area (Å²) in [6.07, 6.45) is 0. The Hall–Kier alpha value is -1.86. The molecule has 0 bridgehead atoms. The van der Waals surface area contributed by atoms with Crippen molar-refractivity contribution in [3.63, 3.8) is 0 Å². The number of ether oxygens (including phenoxy) is 1. The van der Waals surface area contributed by atoms with Gasteiger partial charge in [-0.15, -0.1) is 0 Å². The highest BCUT2D eigenvalue weighted by atomic mass is 16.6. The van der Waals surface area contributed by atoms with Gasteiger partial charge in [-0.25, -0.2) is 0 Å². The molecule has 7 nitrogen and oxygen atoms in total. The van der Waals surface area contributed by atoms with Gasteiger partial charge in [0.2, 0.25) is 5.75 Å². The maximum absolute atomic E-state index is 11.0. The maximum atomic E-state index is 11.0. The molecule has 0 aliphatic carbocycles.